The Balaban J connectivity index is 1.86. The molecule has 0 atom stereocenters. The number of benzene rings is 2. The smallest absolute Gasteiger partial charge is 0.126 e. The molecule has 2 rings (SSSR count). The Kier molecular flexibility index (Phi) is 4.96. The average Bonchev–Trinajstić information content (AvgIpc) is 2.47. The van der Waals surface area contributed by atoms with Gasteiger partial charge in [-0.15, -0.1) is 0 Å². The summed E-state index contributed by atoms with van der Waals surface area (Å²) in [6, 6.07) is 12.1. The first-order valence-corrected chi connectivity index (χ1v) is 6.50. The minimum Gasteiger partial charge on any atom is -0.490 e. The third-order valence-corrected chi connectivity index (χ3v) is 2.94. The van der Waals surface area contributed by atoms with Gasteiger partial charge in [0.15, 0.2) is 0 Å². The lowest BCUT2D eigenvalue weighted by Gasteiger charge is -2.12. The minimum absolute atomic E-state index is 0.306. The summed E-state index contributed by atoms with van der Waals surface area (Å²) in [5.74, 6) is 0.996. The molecular formula is C16H18FNO2. The van der Waals surface area contributed by atoms with Crippen LogP contribution in [0, 0.1) is 12.7 Å². The highest BCUT2D eigenvalue weighted by atomic mass is 19.1. The van der Waals surface area contributed by atoms with Gasteiger partial charge < -0.3 is 15.2 Å². The summed E-state index contributed by atoms with van der Waals surface area (Å²) in [5.41, 5.74) is 7.48. The number of rotatable bonds is 6. The molecule has 0 fully saturated rings. The van der Waals surface area contributed by atoms with Crippen molar-refractivity contribution in [2.24, 2.45) is 5.73 Å². The molecule has 0 aromatic heterocycles. The van der Waals surface area contributed by atoms with E-state index in [1.165, 1.54) is 12.1 Å². The zero-order valence-corrected chi connectivity index (χ0v) is 11.4. The first kappa shape index (κ1) is 14.3. The van der Waals surface area contributed by atoms with E-state index < -0.39 is 0 Å². The monoisotopic (exact) mass is 275 g/mol. The summed E-state index contributed by atoms with van der Waals surface area (Å²) >= 11 is 0. The van der Waals surface area contributed by atoms with Gasteiger partial charge >= 0.3 is 0 Å². The Hall–Kier alpha value is -2.07. The molecule has 0 radical (unpaired) electrons. The lowest BCUT2D eigenvalue weighted by Crippen LogP contribution is -2.11. The highest BCUT2D eigenvalue weighted by molar-refractivity contribution is 5.33. The molecule has 2 aromatic carbocycles. The van der Waals surface area contributed by atoms with Crippen LogP contribution in [0.1, 0.15) is 11.1 Å². The highest BCUT2D eigenvalue weighted by Crippen LogP contribution is 2.19. The Morgan fingerprint density at radius 2 is 1.70 bits per heavy atom. The maximum absolute atomic E-state index is 13.1. The molecule has 0 aliphatic carbocycles. The number of ether oxygens (including phenoxy) is 2. The SMILES string of the molecule is Cc1ccc(F)cc1OCCOc1ccccc1CN. The van der Waals surface area contributed by atoms with Gasteiger partial charge in [-0.25, -0.2) is 4.39 Å². The summed E-state index contributed by atoms with van der Waals surface area (Å²) in [7, 11) is 0. The van der Waals surface area contributed by atoms with Crippen LogP contribution in [0.5, 0.6) is 11.5 Å². The Bertz CT molecular complexity index is 572. The minimum atomic E-state index is -0.306. The van der Waals surface area contributed by atoms with Crippen LogP contribution in [-0.4, -0.2) is 13.2 Å². The summed E-state index contributed by atoms with van der Waals surface area (Å²) in [4.78, 5) is 0. The van der Waals surface area contributed by atoms with Gasteiger partial charge in [-0.1, -0.05) is 24.3 Å². The summed E-state index contributed by atoms with van der Waals surface area (Å²) in [5, 5.41) is 0. The molecular weight excluding hydrogens is 257 g/mol. The van der Waals surface area contributed by atoms with Gasteiger partial charge in [0.05, 0.1) is 0 Å². The van der Waals surface area contributed by atoms with Gasteiger partial charge in [-0.2, -0.15) is 0 Å². The molecule has 4 heteroatoms. The van der Waals surface area contributed by atoms with E-state index in [1.807, 2.05) is 31.2 Å². The molecule has 0 spiro atoms. The predicted octanol–water partition coefficient (Wildman–Crippen LogP) is 3.05. The fourth-order valence-corrected chi connectivity index (χ4v) is 1.85. The largest absolute Gasteiger partial charge is 0.490 e. The fraction of sp³-hybridized carbons (Fsp3) is 0.250. The van der Waals surface area contributed by atoms with Crippen LogP contribution >= 0.6 is 0 Å². The molecule has 0 saturated heterocycles. The van der Waals surface area contributed by atoms with E-state index in [0.717, 1.165) is 16.9 Å². The molecule has 0 heterocycles. The molecule has 0 saturated carbocycles. The van der Waals surface area contributed by atoms with Crippen molar-refractivity contribution in [1.29, 1.82) is 0 Å². The van der Waals surface area contributed by atoms with Gasteiger partial charge in [0.1, 0.15) is 30.5 Å². The van der Waals surface area contributed by atoms with Crippen LogP contribution in [0.3, 0.4) is 0 Å². The van der Waals surface area contributed by atoms with Crippen molar-refractivity contribution in [2.45, 2.75) is 13.5 Å². The molecule has 0 amide bonds. The molecule has 2 N–H and O–H groups in total. The second-order valence-corrected chi connectivity index (χ2v) is 4.42. The third-order valence-electron chi connectivity index (χ3n) is 2.94. The number of aryl methyl sites for hydroxylation is 1. The van der Waals surface area contributed by atoms with E-state index in [-0.39, 0.29) is 5.82 Å². The lowest BCUT2D eigenvalue weighted by atomic mass is 10.2. The van der Waals surface area contributed by atoms with Crippen LogP contribution in [0.15, 0.2) is 42.5 Å². The van der Waals surface area contributed by atoms with Crippen molar-refractivity contribution in [1.82, 2.24) is 0 Å². The summed E-state index contributed by atoms with van der Waals surface area (Å²) in [6.07, 6.45) is 0. The molecule has 0 bridgehead atoms. The molecule has 0 aliphatic rings. The van der Waals surface area contributed by atoms with Crippen molar-refractivity contribution in [2.75, 3.05) is 13.2 Å². The highest BCUT2D eigenvalue weighted by Gasteiger charge is 2.03. The van der Waals surface area contributed by atoms with Gasteiger partial charge in [0.2, 0.25) is 0 Å². The maximum Gasteiger partial charge on any atom is 0.126 e. The molecule has 20 heavy (non-hydrogen) atoms. The molecule has 3 nitrogen and oxygen atoms in total. The summed E-state index contributed by atoms with van der Waals surface area (Å²) in [6.45, 7) is 3.04. The van der Waals surface area contributed by atoms with E-state index in [1.54, 1.807) is 6.07 Å². The Morgan fingerprint density at radius 3 is 2.45 bits per heavy atom. The second-order valence-electron chi connectivity index (χ2n) is 4.42. The van der Waals surface area contributed by atoms with Gasteiger partial charge in [0, 0.05) is 18.2 Å². The van der Waals surface area contributed by atoms with Gasteiger partial charge in [-0.05, 0) is 24.6 Å². The number of hydrogen-bond acceptors (Lipinski definition) is 3. The van der Waals surface area contributed by atoms with Crippen molar-refractivity contribution in [3.8, 4) is 11.5 Å². The quantitative estimate of drug-likeness (QED) is 0.824. The van der Waals surface area contributed by atoms with Gasteiger partial charge in [-0.3, -0.25) is 0 Å². The molecule has 106 valence electrons. The van der Waals surface area contributed by atoms with Crippen molar-refractivity contribution in [3.05, 3.63) is 59.4 Å². The second kappa shape index (κ2) is 6.91. The van der Waals surface area contributed by atoms with Crippen LogP contribution in [-0.2, 0) is 6.54 Å². The Labute approximate surface area is 118 Å². The average molecular weight is 275 g/mol. The molecule has 2 aromatic rings. The number of hydrogen-bond donors (Lipinski definition) is 1. The topological polar surface area (TPSA) is 44.5 Å². The third kappa shape index (κ3) is 3.71. The first-order valence-electron chi connectivity index (χ1n) is 6.50. The summed E-state index contributed by atoms with van der Waals surface area (Å²) < 4.78 is 24.2. The van der Waals surface area contributed by atoms with Crippen LogP contribution in [0.4, 0.5) is 4.39 Å². The normalized spacial score (nSPS) is 10.3. The van der Waals surface area contributed by atoms with Crippen LogP contribution < -0.4 is 15.2 Å². The predicted molar refractivity (Wildman–Crippen MR) is 76.5 cm³/mol. The first-order chi connectivity index (χ1) is 9.70. The maximum atomic E-state index is 13.1. The van der Waals surface area contributed by atoms with Crippen molar-refractivity contribution in [3.63, 3.8) is 0 Å². The van der Waals surface area contributed by atoms with E-state index in [4.69, 9.17) is 15.2 Å². The fourth-order valence-electron chi connectivity index (χ4n) is 1.85. The van der Waals surface area contributed by atoms with Crippen molar-refractivity contribution >= 4 is 0 Å². The zero-order valence-electron chi connectivity index (χ0n) is 11.4. The number of halogens is 1. The van der Waals surface area contributed by atoms with E-state index in [9.17, 15) is 4.39 Å². The number of nitrogens with two attached hydrogens (primary N) is 1. The zero-order chi connectivity index (χ0) is 14.4. The Morgan fingerprint density at radius 1 is 1.00 bits per heavy atom. The molecule has 0 unspecified atom stereocenters. The molecule has 0 aliphatic heterocycles. The van der Waals surface area contributed by atoms with Gasteiger partial charge in [0.25, 0.3) is 0 Å². The standard InChI is InChI=1S/C16H18FNO2/c1-12-6-7-14(17)10-16(12)20-9-8-19-15-5-3-2-4-13(15)11-18/h2-7,10H,8-9,11,18H2,1H3. The van der Waals surface area contributed by atoms with Crippen molar-refractivity contribution < 1.29 is 13.9 Å². The number of para-hydroxylation sites is 1. The van der Waals surface area contributed by atoms with E-state index >= 15 is 0 Å². The van der Waals surface area contributed by atoms with Crippen LogP contribution in [0.25, 0.3) is 0 Å². The van der Waals surface area contributed by atoms with E-state index in [0.29, 0.717) is 25.5 Å². The van der Waals surface area contributed by atoms with Crippen LogP contribution in [0.2, 0.25) is 0 Å². The lowest BCUT2D eigenvalue weighted by molar-refractivity contribution is 0.214. The van der Waals surface area contributed by atoms with E-state index in [2.05, 4.69) is 0 Å².